The van der Waals surface area contributed by atoms with Crippen molar-refractivity contribution in [2.24, 2.45) is 11.8 Å². The Morgan fingerprint density at radius 3 is 2.22 bits per heavy atom. The summed E-state index contributed by atoms with van der Waals surface area (Å²) in [5.74, 6) is 1.04. The van der Waals surface area contributed by atoms with Crippen molar-refractivity contribution in [2.75, 3.05) is 32.7 Å². The molecule has 0 bridgehead atoms. The molecule has 5 nitrogen and oxygen atoms in total. The van der Waals surface area contributed by atoms with E-state index in [2.05, 4.69) is 24.1 Å². The van der Waals surface area contributed by atoms with Crippen LogP contribution in [0.2, 0.25) is 0 Å². The smallest absolute Gasteiger partial charge is 0.253 e. The van der Waals surface area contributed by atoms with Gasteiger partial charge in [0.05, 0.1) is 0 Å². The lowest BCUT2D eigenvalue weighted by molar-refractivity contribution is -0.126. The molecule has 1 N–H and O–H groups in total. The van der Waals surface area contributed by atoms with E-state index >= 15 is 0 Å². The van der Waals surface area contributed by atoms with Crippen molar-refractivity contribution in [3.63, 3.8) is 0 Å². The first-order valence-electron chi connectivity index (χ1n) is 10.4. The zero-order chi connectivity index (χ0) is 19.2. The van der Waals surface area contributed by atoms with Crippen LogP contribution in [0.3, 0.4) is 0 Å². The van der Waals surface area contributed by atoms with Crippen molar-refractivity contribution in [3.8, 4) is 0 Å². The van der Waals surface area contributed by atoms with Crippen LogP contribution in [0.15, 0.2) is 30.3 Å². The highest BCUT2D eigenvalue weighted by atomic mass is 16.2. The van der Waals surface area contributed by atoms with E-state index in [1.54, 1.807) is 0 Å². The first kappa shape index (κ1) is 19.9. The van der Waals surface area contributed by atoms with Crippen LogP contribution in [0.5, 0.6) is 0 Å². The standard InChI is InChI=1S/C22H33N3O2/c1-17(2)16-23-21(26)18-8-12-24(13-9-18)20-10-14-25(15-11-20)22(27)19-6-4-3-5-7-19/h3-7,17-18,20H,8-16H2,1-2H3,(H,23,26). The zero-order valence-electron chi connectivity index (χ0n) is 16.7. The predicted molar refractivity (Wildman–Crippen MR) is 108 cm³/mol. The van der Waals surface area contributed by atoms with Gasteiger partial charge in [0, 0.05) is 37.2 Å². The topological polar surface area (TPSA) is 52.7 Å². The molecule has 2 heterocycles. The first-order valence-corrected chi connectivity index (χ1v) is 10.4. The predicted octanol–water partition coefficient (Wildman–Crippen LogP) is 2.78. The van der Waals surface area contributed by atoms with Crippen LogP contribution < -0.4 is 5.32 Å². The molecule has 1 aromatic rings. The molecule has 0 aliphatic carbocycles. The third kappa shape index (κ3) is 5.32. The zero-order valence-corrected chi connectivity index (χ0v) is 16.7. The average molecular weight is 372 g/mol. The minimum absolute atomic E-state index is 0.148. The van der Waals surface area contributed by atoms with Gasteiger partial charge in [-0.15, -0.1) is 0 Å². The van der Waals surface area contributed by atoms with Gasteiger partial charge < -0.3 is 15.1 Å². The van der Waals surface area contributed by atoms with Crippen LogP contribution in [-0.2, 0) is 4.79 Å². The van der Waals surface area contributed by atoms with E-state index in [0.717, 1.165) is 64.0 Å². The summed E-state index contributed by atoms with van der Waals surface area (Å²) in [5, 5.41) is 3.08. The highest BCUT2D eigenvalue weighted by Gasteiger charge is 2.31. The van der Waals surface area contributed by atoms with E-state index in [0.29, 0.717) is 12.0 Å². The molecule has 0 aromatic heterocycles. The second kappa shape index (κ2) is 9.36. The summed E-state index contributed by atoms with van der Waals surface area (Å²) in [6.07, 6.45) is 3.96. The van der Waals surface area contributed by atoms with Gasteiger partial charge in [-0.2, -0.15) is 0 Å². The number of piperidine rings is 2. The maximum atomic E-state index is 12.6. The number of nitrogens with one attached hydrogen (secondary N) is 1. The van der Waals surface area contributed by atoms with Crippen molar-refractivity contribution in [3.05, 3.63) is 35.9 Å². The molecule has 2 aliphatic heterocycles. The molecule has 0 saturated carbocycles. The van der Waals surface area contributed by atoms with Crippen LogP contribution >= 0.6 is 0 Å². The minimum atomic E-state index is 0.148. The van der Waals surface area contributed by atoms with Gasteiger partial charge >= 0.3 is 0 Å². The van der Waals surface area contributed by atoms with Crippen LogP contribution in [0.1, 0.15) is 49.9 Å². The molecular formula is C22H33N3O2. The van der Waals surface area contributed by atoms with E-state index in [4.69, 9.17) is 0 Å². The van der Waals surface area contributed by atoms with Crippen molar-refractivity contribution in [1.29, 1.82) is 0 Å². The number of carbonyl (C=O) groups excluding carboxylic acids is 2. The second-order valence-electron chi connectivity index (χ2n) is 8.34. The van der Waals surface area contributed by atoms with Gasteiger partial charge in [-0.3, -0.25) is 9.59 Å². The van der Waals surface area contributed by atoms with Gasteiger partial charge in [0.2, 0.25) is 5.91 Å². The Hall–Kier alpha value is -1.88. The Kier molecular flexibility index (Phi) is 6.89. The summed E-state index contributed by atoms with van der Waals surface area (Å²) in [6, 6.07) is 10.1. The van der Waals surface area contributed by atoms with Crippen LogP contribution in [0.4, 0.5) is 0 Å². The van der Waals surface area contributed by atoms with Gasteiger partial charge in [0.25, 0.3) is 5.91 Å². The molecule has 27 heavy (non-hydrogen) atoms. The minimum Gasteiger partial charge on any atom is -0.356 e. The fourth-order valence-electron chi connectivity index (χ4n) is 4.17. The highest BCUT2D eigenvalue weighted by molar-refractivity contribution is 5.94. The summed E-state index contributed by atoms with van der Waals surface area (Å²) in [5.41, 5.74) is 0.782. The molecule has 2 aliphatic rings. The van der Waals surface area contributed by atoms with Crippen molar-refractivity contribution < 1.29 is 9.59 Å². The first-order chi connectivity index (χ1) is 13.0. The van der Waals surface area contributed by atoms with Crippen molar-refractivity contribution in [2.45, 2.75) is 45.6 Å². The lowest BCUT2D eigenvalue weighted by atomic mass is 9.92. The fourth-order valence-corrected chi connectivity index (χ4v) is 4.17. The Morgan fingerprint density at radius 2 is 1.63 bits per heavy atom. The monoisotopic (exact) mass is 371 g/mol. The van der Waals surface area contributed by atoms with E-state index in [1.165, 1.54) is 0 Å². The number of nitrogens with zero attached hydrogens (tertiary/aromatic N) is 2. The van der Waals surface area contributed by atoms with Crippen molar-refractivity contribution in [1.82, 2.24) is 15.1 Å². The van der Waals surface area contributed by atoms with E-state index in [-0.39, 0.29) is 17.7 Å². The molecule has 2 fully saturated rings. The number of amides is 2. The molecule has 3 rings (SSSR count). The highest BCUT2D eigenvalue weighted by Crippen LogP contribution is 2.24. The molecule has 1 aromatic carbocycles. The number of benzene rings is 1. The summed E-state index contributed by atoms with van der Waals surface area (Å²) < 4.78 is 0. The molecule has 0 spiro atoms. The number of likely N-dealkylation sites (tertiary alicyclic amines) is 2. The maximum Gasteiger partial charge on any atom is 0.253 e. The lowest BCUT2D eigenvalue weighted by Crippen LogP contribution is -2.50. The van der Waals surface area contributed by atoms with Gasteiger partial charge in [-0.25, -0.2) is 0 Å². The number of hydrogen-bond acceptors (Lipinski definition) is 3. The molecule has 5 heteroatoms. The number of rotatable bonds is 5. The summed E-state index contributed by atoms with van der Waals surface area (Å²) in [6.45, 7) is 8.66. The number of hydrogen-bond donors (Lipinski definition) is 1. The quantitative estimate of drug-likeness (QED) is 0.866. The van der Waals surface area contributed by atoms with Crippen LogP contribution in [0, 0.1) is 11.8 Å². The Balaban J connectivity index is 1.42. The summed E-state index contributed by atoms with van der Waals surface area (Å²) in [7, 11) is 0. The third-order valence-corrected chi connectivity index (χ3v) is 5.87. The van der Waals surface area contributed by atoms with Gasteiger partial charge in [0.1, 0.15) is 0 Å². The van der Waals surface area contributed by atoms with Crippen LogP contribution in [0.25, 0.3) is 0 Å². The Bertz CT molecular complexity index is 616. The van der Waals surface area contributed by atoms with Crippen molar-refractivity contribution >= 4 is 11.8 Å². The largest absolute Gasteiger partial charge is 0.356 e. The molecular weight excluding hydrogens is 338 g/mol. The molecule has 0 radical (unpaired) electrons. The van der Waals surface area contributed by atoms with Gasteiger partial charge in [-0.05, 0) is 56.8 Å². The Labute approximate surface area is 163 Å². The van der Waals surface area contributed by atoms with E-state index < -0.39 is 0 Å². The SMILES string of the molecule is CC(C)CNC(=O)C1CCN(C2CCN(C(=O)c3ccccc3)CC2)CC1. The second-order valence-corrected chi connectivity index (χ2v) is 8.34. The Morgan fingerprint density at radius 1 is 1.00 bits per heavy atom. The summed E-state index contributed by atoms with van der Waals surface area (Å²) >= 11 is 0. The van der Waals surface area contributed by atoms with E-state index in [1.807, 2.05) is 35.2 Å². The third-order valence-electron chi connectivity index (χ3n) is 5.87. The van der Waals surface area contributed by atoms with E-state index in [9.17, 15) is 9.59 Å². The lowest BCUT2D eigenvalue weighted by Gasteiger charge is -2.41. The molecule has 148 valence electrons. The molecule has 0 atom stereocenters. The molecule has 2 saturated heterocycles. The number of carbonyl (C=O) groups is 2. The summed E-state index contributed by atoms with van der Waals surface area (Å²) in [4.78, 5) is 29.4. The van der Waals surface area contributed by atoms with Gasteiger partial charge in [-0.1, -0.05) is 32.0 Å². The fraction of sp³-hybridized carbons (Fsp3) is 0.636. The molecule has 2 amide bonds. The molecule has 0 unspecified atom stereocenters. The normalized spacial score (nSPS) is 20.0. The maximum absolute atomic E-state index is 12.6. The average Bonchev–Trinajstić information content (AvgIpc) is 2.72. The van der Waals surface area contributed by atoms with Gasteiger partial charge in [0.15, 0.2) is 0 Å². The van der Waals surface area contributed by atoms with Crippen LogP contribution in [-0.4, -0.2) is 60.4 Å².